The zero-order valence-corrected chi connectivity index (χ0v) is 18.8. The van der Waals surface area contributed by atoms with E-state index in [1.54, 1.807) is 18.2 Å². The van der Waals surface area contributed by atoms with Crippen LogP contribution in [-0.4, -0.2) is 22.0 Å². The van der Waals surface area contributed by atoms with Gasteiger partial charge in [0.2, 0.25) is 0 Å². The van der Waals surface area contributed by atoms with E-state index < -0.39 is 5.97 Å². The summed E-state index contributed by atoms with van der Waals surface area (Å²) in [6.07, 6.45) is 0. The number of amides is 1. The lowest BCUT2D eigenvalue weighted by molar-refractivity contribution is 0.0696. The van der Waals surface area contributed by atoms with Gasteiger partial charge in [-0.3, -0.25) is 4.79 Å². The van der Waals surface area contributed by atoms with Crippen LogP contribution in [0.15, 0.2) is 97.1 Å². The summed E-state index contributed by atoms with van der Waals surface area (Å²) >= 11 is 0. The van der Waals surface area contributed by atoms with E-state index in [0.717, 1.165) is 27.3 Å². The average molecular weight is 463 g/mol. The predicted octanol–water partition coefficient (Wildman–Crippen LogP) is 5.60. The number of benzene rings is 4. The molecule has 35 heavy (non-hydrogen) atoms. The fourth-order valence-electron chi connectivity index (χ4n) is 3.99. The molecule has 1 aromatic heterocycles. The summed E-state index contributed by atoms with van der Waals surface area (Å²) in [5, 5.41) is 15.0. The molecule has 1 heterocycles. The van der Waals surface area contributed by atoms with Crippen LogP contribution in [0.25, 0.3) is 21.7 Å². The first-order chi connectivity index (χ1) is 17.1. The number of para-hydroxylation sites is 1. The first kappa shape index (κ1) is 22.1. The van der Waals surface area contributed by atoms with E-state index in [1.807, 2.05) is 48.5 Å². The number of pyridine rings is 1. The number of aromatic carboxylic acids is 1. The molecule has 0 saturated heterocycles. The average Bonchev–Trinajstić information content (AvgIpc) is 2.90. The van der Waals surface area contributed by atoms with Crippen LogP contribution in [0, 0.1) is 0 Å². The predicted molar refractivity (Wildman–Crippen MR) is 135 cm³/mol. The highest BCUT2D eigenvalue weighted by atomic mass is 16.5. The van der Waals surface area contributed by atoms with E-state index in [2.05, 4.69) is 28.5 Å². The lowest BCUT2D eigenvalue weighted by Crippen LogP contribution is -2.24. The number of hydrogen-bond acceptors (Lipinski definition) is 4. The van der Waals surface area contributed by atoms with Gasteiger partial charge in [-0.05, 0) is 46.2 Å². The van der Waals surface area contributed by atoms with Gasteiger partial charge in [0.05, 0.1) is 11.1 Å². The molecule has 1 amide bonds. The second kappa shape index (κ2) is 9.65. The SMILES string of the molecule is O=C(O)c1ccc(CNC(=O)c2cc(OCc3cccc4ccccc34)c3ccccc3n2)cc1. The van der Waals surface area contributed by atoms with E-state index in [9.17, 15) is 9.59 Å². The molecular formula is C29H22N2O4. The largest absolute Gasteiger partial charge is 0.488 e. The van der Waals surface area contributed by atoms with Gasteiger partial charge in [-0.2, -0.15) is 0 Å². The molecule has 0 fully saturated rings. The van der Waals surface area contributed by atoms with Crippen LogP contribution in [-0.2, 0) is 13.2 Å². The molecule has 0 spiro atoms. The lowest BCUT2D eigenvalue weighted by Gasteiger charge is -2.13. The van der Waals surface area contributed by atoms with Gasteiger partial charge in [0.25, 0.3) is 5.91 Å². The van der Waals surface area contributed by atoms with Crippen molar-refractivity contribution in [3.63, 3.8) is 0 Å². The van der Waals surface area contributed by atoms with Crippen molar-refractivity contribution in [3.05, 3.63) is 119 Å². The molecule has 0 radical (unpaired) electrons. The van der Waals surface area contributed by atoms with Gasteiger partial charge in [0.1, 0.15) is 18.1 Å². The van der Waals surface area contributed by atoms with Crippen molar-refractivity contribution in [2.45, 2.75) is 13.2 Å². The van der Waals surface area contributed by atoms with E-state index in [1.165, 1.54) is 12.1 Å². The highest BCUT2D eigenvalue weighted by molar-refractivity contribution is 5.97. The minimum Gasteiger partial charge on any atom is -0.488 e. The molecule has 4 aromatic carbocycles. The molecular weight excluding hydrogens is 440 g/mol. The van der Waals surface area contributed by atoms with Gasteiger partial charge < -0.3 is 15.2 Å². The van der Waals surface area contributed by atoms with E-state index in [4.69, 9.17) is 9.84 Å². The quantitative estimate of drug-likeness (QED) is 0.329. The zero-order chi connectivity index (χ0) is 24.2. The number of rotatable bonds is 7. The topological polar surface area (TPSA) is 88.5 Å². The van der Waals surface area contributed by atoms with Crippen molar-refractivity contribution in [2.24, 2.45) is 0 Å². The third-order valence-corrected chi connectivity index (χ3v) is 5.83. The minimum atomic E-state index is -0.989. The number of carbonyl (C=O) groups excluding carboxylic acids is 1. The molecule has 0 aliphatic rings. The van der Waals surface area contributed by atoms with E-state index in [-0.39, 0.29) is 23.7 Å². The Morgan fingerprint density at radius 1 is 0.829 bits per heavy atom. The van der Waals surface area contributed by atoms with Crippen LogP contribution in [0.5, 0.6) is 5.75 Å². The summed E-state index contributed by atoms with van der Waals surface area (Å²) in [7, 11) is 0. The molecule has 0 aliphatic carbocycles. The normalized spacial score (nSPS) is 10.9. The molecule has 5 rings (SSSR count). The summed E-state index contributed by atoms with van der Waals surface area (Å²) < 4.78 is 6.23. The van der Waals surface area contributed by atoms with Crippen LogP contribution in [0.1, 0.15) is 32.0 Å². The first-order valence-electron chi connectivity index (χ1n) is 11.2. The number of nitrogens with one attached hydrogen (secondary N) is 1. The fraction of sp³-hybridized carbons (Fsp3) is 0.0690. The first-order valence-corrected chi connectivity index (χ1v) is 11.2. The number of fused-ring (bicyclic) bond motifs is 2. The smallest absolute Gasteiger partial charge is 0.335 e. The molecule has 0 bridgehead atoms. The Morgan fingerprint density at radius 3 is 2.34 bits per heavy atom. The van der Waals surface area contributed by atoms with Crippen molar-refractivity contribution in [1.82, 2.24) is 10.3 Å². The van der Waals surface area contributed by atoms with Gasteiger partial charge in [0.15, 0.2) is 0 Å². The van der Waals surface area contributed by atoms with E-state index >= 15 is 0 Å². The highest BCUT2D eigenvalue weighted by Crippen LogP contribution is 2.27. The zero-order valence-electron chi connectivity index (χ0n) is 18.8. The molecule has 6 heteroatoms. The molecule has 0 saturated carbocycles. The van der Waals surface area contributed by atoms with Gasteiger partial charge in [-0.1, -0.05) is 66.7 Å². The number of aromatic nitrogens is 1. The second-order valence-electron chi connectivity index (χ2n) is 8.13. The van der Waals surface area contributed by atoms with Crippen LogP contribution in [0.4, 0.5) is 0 Å². The molecule has 2 N–H and O–H groups in total. The molecule has 5 aromatic rings. The summed E-state index contributed by atoms with van der Waals surface area (Å²) in [4.78, 5) is 28.5. The molecule has 172 valence electrons. The fourth-order valence-corrected chi connectivity index (χ4v) is 3.99. The Kier molecular flexibility index (Phi) is 6.09. The third kappa shape index (κ3) is 4.82. The molecule has 0 aliphatic heterocycles. The molecule has 6 nitrogen and oxygen atoms in total. The number of carboxylic acids is 1. The number of ether oxygens (including phenoxy) is 1. The van der Waals surface area contributed by atoms with Crippen LogP contribution < -0.4 is 10.1 Å². The van der Waals surface area contributed by atoms with Crippen molar-refractivity contribution in [2.75, 3.05) is 0 Å². The van der Waals surface area contributed by atoms with Crippen molar-refractivity contribution < 1.29 is 19.4 Å². The molecule has 0 atom stereocenters. The van der Waals surface area contributed by atoms with Crippen molar-refractivity contribution in [1.29, 1.82) is 0 Å². The van der Waals surface area contributed by atoms with Gasteiger partial charge in [-0.25, -0.2) is 9.78 Å². The number of carbonyl (C=O) groups is 2. The maximum Gasteiger partial charge on any atom is 0.335 e. The van der Waals surface area contributed by atoms with Gasteiger partial charge in [0, 0.05) is 18.0 Å². The Hall–Kier alpha value is -4.71. The minimum absolute atomic E-state index is 0.198. The third-order valence-electron chi connectivity index (χ3n) is 5.83. The van der Waals surface area contributed by atoms with Gasteiger partial charge in [-0.15, -0.1) is 0 Å². The Balaban J connectivity index is 1.37. The summed E-state index contributed by atoms with van der Waals surface area (Å²) in [5.41, 5.74) is 2.96. The maximum absolute atomic E-state index is 12.9. The lowest BCUT2D eigenvalue weighted by atomic mass is 10.1. The number of hydrogen-bond donors (Lipinski definition) is 2. The Labute approximate surface area is 201 Å². The van der Waals surface area contributed by atoms with Crippen LogP contribution in [0.3, 0.4) is 0 Å². The monoisotopic (exact) mass is 462 g/mol. The standard InChI is InChI=1S/C29H22N2O4/c32-28(30-17-19-12-14-21(15-13-19)29(33)34)26-16-27(24-10-3-4-11-25(24)31-26)35-18-22-8-5-7-20-6-1-2-9-23(20)22/h1-16H,17-18H2,(H,30,32)(H,33,34). The van der Waals surface area contributed by atoms with Crippen LogP contribution in [0.2, 0.25) is 0 Å². The second-order valence-corrected chi connectivity index (χ2v) is 8.13. The number of nitrogens with zero attached hydrogens (tertiary/aromatic N) is 1. The summed E-state index contributed by atoms with van der Waals surface area (Å²) in [6, 6.07) is 29.9. The maximum atomic E-state index is 12.9. The van der Waals surface area contributed by atoms with Gasteiger partial charge >= 0.3 is 5.97 Å². The summed E-state index contributed by atoms with van der Waals surface area (Å²) in [5.74, 6) is -0.746. The van der Waals surface area contributed by atoms with Crippen molar-refractivity contribution in [3.8, 4) is 5.75 Å². The Bertz CT molecular complexity index is 1540. The Morgan fingerprint density at radius 2 is 1.54 bits per heavy atom. The molecule has 0 unspecified atom stereocenters. The van der Waals surface area contributed by atoms with Crippen LogP contribution >= 0.6 is 0 Å². The summed E-state index contributed by atoms with van der Waals surface area (Å²) in [6.45, 7) is 0.603. The number of carboxylic acid groups (broad SMARTS) is 1. The van der Waals surface area contributed by atoms with E-state index in [0.29, 0.717) is 17.9 Å². The van der Waals surface area contributed by atoms with Crippen molar-refractivity contribution >= 4 is 33.6 Å². The highest BCUT2D eigenvalue weighted by Gasteiger charge is 2.14.